The Morgan fingerprint density at radius 2 is 1.95 bits per heavy atom. The summed E-state index contributed by atoms with van der Waals surface area (Å²) in [5.41, 5.74) is 0.423. The van der Waals surface area contributed by atoms with Crippen molar-refractivity contribution in [3.05, 3.63) is 57.3 Å². The van der Waals surface area contributed by atoms with Gasteiger partial charge in [-0.05, 0) is 36.4 Å². The Hall–Kier alpha value is -2.86. The Kier molecular flexibility index (Phi) is 3.30. The van der Waals surface area contributed by atoms with E-state index in [1.165, 1.54) is 30.3 Å². The molecule has 3 aromatic rings. The molecule has 3 N–H and O–H groups in total. The molecule has 3 rings (SSSR count). The number of carbonyl (C=O) groups is 1. The van der Waals surface area contributed by atoms with Crippen molar-refractivity contribution in [3.8, 4) is 17.1 Å². The van der Waals surface area contributed by atoms with Crippen LogP contribution in [0.1, 0.15) is 10.4 Å². The number of aromatic nitrogens is 2. The molecule has 0 aliphatic carbocycles. The van der Waals surface area contributed by atoms with Crippen LogP contribution >= 0.6 is 11.6 Å². The number of hydrogen-bond donors (Lipinski definition) is 3. The maximum absolute atomic E-state index is 12.1. The number of nitrogens with one attached hydrogen (secondary N) is 1. The Morgan fingerprint density at radius 3 is 2.64 bits per heavy atom. The quantitative estimate of drug-likeness (QED) is 0.674. The molecule has 6 nitrogen and oxygen atoms in total. The maximum atomic E-state index is 12.1. The molecule has 0 aliphatic rings. The zero-order valence-corrected chi connectivity index (χ0v) is 11.8. The number of phenols is 1. The fraction of sp³-hybridized carbons (Fsp3) is 0. The van der Waals surface area contributed by atoms with Crippen LogP contribution in [0.5, 0.6) is 5.75 Å². The molecule has 0 saturated carbocycles. The van der Waals surface area contributed by atoms with E-state index in [1.807, 2.05) is 0 Å². The molecule has 0 unspecified atom stereocenters. The van der Waals surface area contributed by atoms with Gasteiger partial charge in [0.25, 0.3) is 5.56 Å². The average Bonchev–Trinajstić information content (AvgIpc) is 2.49. The highest BCUT2D eigenvalue weighted by Crippen LogP contribution is 2.27. The number of H-pyrrole nitrogens is 1. The van der Waals surface area contributed by atoms with Gasteiger partial charge >= 0.3 is 5.97 Å². The molecule has 7 heteroatoms. The molecule has 1 aromatic heterocycles. The third-order valence-corrected chi connectivity index (χ3v) is 3.48. The average molecular weight is 317 g/mol. The van der Waals surface area contributed by atoms with Crippen molar-refractivity contribution in [3.63, 3.8) is 0 Å². The molecule has 2 aromatic carbocycles. The van der Waals surface area contributed by atoms with Gasteiger partial charge < -0.3 is 15.2 Å². The van der Waals surface area contributed by atoms with Crippen molar-refractivity contribution >= 4 is 28.5 Å². The van der Waals surface area contributed by atoms with Crippen LogP contribution in [-0.4, -0.2) is 26.2 Å². The predicted molar refractivity (Wildman–Crippen MR) is 81.4 cm³/mol. The van der Waals surface area contributed by atoms with Crippen LogP contribution in [0.15, 0.2) is 41.2 Å². The van der Waals surface area contributed by atoms with Gasteiger partial charge in [0.1, 0.15) is 11.6 Å². The first kappa shape index (κ1) is 14.1. The summed E-state index contributed by atoms with van der Waals surface area (Å²) in [6.45, 7) is 0. The van der Waals surface area contributed by atoms with E-state index in [1.54, 1.807) is 6.07 Å². The van der Waals surface area contributed by atoms with E-state index in [4.69, 9.17) is 16.7 Å². The molecule has 0 fully saturated rings. The standard InChI is InChI=1S/C15H9ClN2O4/c16-10-5-7(2-4-12(10)19)13-17-11-6-8(15(21)22)1-3-9(11)14(20)18-13/h1-6,19H,(H,21,22)(H,17,18,20). The zero-order valence-electron chi connectivity index (χ0n) is 11.0. The molecule has 110 valence electrons. The summed E-state index contributed by atoms with van der Waals surface area (Å²) in [4.78, 5) is 30.0. The van der Waals surface area contributed by atoms with Crippen LogP contribution in [0.4, 0.5) is 0 Å². The minimum atomic E-state index is -1.10. The second kappa shape index (κ2) is 5.16. The lowest BCUT2D eigenvalue weighted by molar-refractivity contribution is 0.0697. The third kappa shape index (κ3) is 2.40. The number of halogens is 1. The summed E-state index contributed by atoms with van der Waals surface area (Å²) in [5.74, 6) is -0.943. The smallest absolute Gasteiger partial charge is 0.335 e. The van der Waals surface area contributed by atoms with E-state index in [0.717, 1.165) is 0 Å². The van der Waals surface area contributed by atoms with Gasteiger partial charge in [-0.15, -0.1) is 0 Å². The number of hydrogen-bond acceptors (Lipinski definition) is 4. The highest BCUT2D eigenvalue weighted by molar-refractivity contribution is 6.32. The predicted octanol–water partition coefficient (Wildman–Crippen LogP) is 2.65. The first-order valence-electron chi connectivity index (χ1n) is 6.22. The number of benzene rings is 2. The van der Waals surface area contributed by atoms with Gasteiger partial charge in [-0.2, -0.15) is 0 Å². The second-order valence-corrected chi connectivity index (χ2v) is 5.03. The Bertz CT molecular complexity index is 965. The number of carboxylic acids is 1. The van der Waals surface area contributed by atoms with E-state index in [0.29, 0.717) is 10.9 Å². The molecule has 0 aliphatic heterocycles. The van der Waals surface area contributed by atoms with Crippen molar-refractivity contribution in [2.45, 2.75) is 0 Å². The van der Waals surface area contributed by atoms with Gasteiger partial charge in [0, 0.05) is 5.56 Å². The summed E-state index contributed by atoms with van der Waals surface area (Å²) in [5, 5.41) is 18.8. The lowest BCUT2D eigenvalue weighted by atomic mass is 10.1. The van der Waals surface area contributed by atoms with E-state index < -0.39 is 5.97 Å². The molecule has 0 bridgehead atoms. The number of fused-ring (bicyclic) bond motifs is 1. The Balaban J connectivity index is 2.24. The van der Waals surface area contributed by atoms with Gasteiger partial charge in [-0.25, -0.2) is 9.78 Å². The van der Waals surface area contributed by atoms with Gasteiger partial charge in [-0.1, -0.05) is 11.6 Å². The fourth-order valence-electron chi connectivity index (χ4n) is 2.06. The number of phenolic OH excluding ortho intramolecular Hbond substituents is 1. The molecule has 0 amide bonds. The number of nitrogens with zero attached hydrogens (tertiary/aromatic N) is 1. The van der Waals surface area contributed by atoms with Crippen LogP contribution in [-0.2, 0) is 0 Å². The second-order valence-electron chi connectivity index (χ2n) is 4.62. The molecule has 0 saturated heterocycles. The van der Waals surface area contributed by atoms with Crippen molar-refractivity contribution in [2.24, 2.45) is 0 Å². The van der Waals surface area contributed by atoms with E-state index in [-0.39, 0.29) is 33.2 Å². The van der Waals surface area contributed by atoms with Crippen molar-refractivity contribution in [1.29, 1.82) is 0 Å². The van der Waals surface area contributed by atoms with Gasteiger partial charge in [0.2, 0.25) is 0 Å². The van der Waals surface area contributed by atoms with Gasteiger partial charge in [0.15, 0.2) is 0 Å². The number of aromatic amines is 1. The topological polar surface area (TPSA) is 103 Å². The van der Waals surface area contributed by atoms with Gasteiger partial charge in [-0.3, -0.25) is 4.79 Å². The normalized spacial score (nSPS) is 10.8. The summed E-state index contributed by atoms with van der Waals surface area (Å²) < 4.78 is 0. The zero-order chi connectivity index (χ0) is 15.9. The molecular weight excluding hydrogens is 308 g/mol. The van der Waals surface area contributed by atoms with Crippen LogP contribution in [0.25, 0.3) is 22.3 Å². The minimum absolute atomic E-state index is 0.0419. The Labute approximate surface area is 128 Å². The summed E-state index contributed by atoms with van der Waals surface area (Å²) in [7, 11) is 0. The van der Waals surface area contributed by atoms with Crippen LogP contribution in [0.2, 0.25) is 5.02 Å². The number of aromatic carboxylic acids is 1. The van der Waals surface area contributed by atoms with Crippen LogP contribution < -0.4 is 5.56 Å². The number of carboxylic acid groups (broad SMARTS) is 1. The summed E-state index contributed by atoms with van der Waals surface area (Å²) >= 11 is 5.84. The lowest BCUT2D eigenvalue weighted by Gasteiger charge is -2.05. The molecule has 0 spiro atoms. The number of aromatic hydroxyl groups is 1. The fourth-order valence-corrected chi connectivity index (χ4v) is 2.24. The van der Waals surface area contributed by atoms with Crippen molar-refractivity contribution in [2.75, 3.05) is 0 Å². The molecule has 22 heavy (non-hydrogen) atoms. The van der Waals surface area contributed by atoms with Crippen molar-refractivity contribution < 1.29 is 15.0 Å². The monoisotopic (exact) mass is 316 g/mol. The van der Waals surface area contributed by atoms with E-state index in [2.05, 4.69) is 9.97 Å². The van der Waals surface area contributed by atoms with Crippen LogP contribution in [0.3, 0.4) is 0 Å². The summed E-state index contributed by atoms with van der Waals surface area (Å²) in [6, 6.07) is 8.49. The van der Waals surface area contributed by atoms with E-state index in [9.17, 15) is 14.7 Å². The molecule has 0 atom stereocenters. The maximum Gasteiger partial charge on any atom is 0.335 e. The lowest BCUT2D eigenvalue weighted by Crippen LogP contribution is -2.10. The van der Waals surface area contributed by atoms with Gasteiger partial charge in [0.05, 0.1) is 21.5 Å². The summed E-state index contributed by atoms with van der Waals surface area (Å²) in [6.07, 6.45) is 0. The third-order valence-electron chi connectivity index (χ3n) is 3.17. The molecule has 0 radical (unpaired) electrons. The molecular formula is C15H9ClN2O4. The minimum Gasteiger partial charge on any atom is -0.506 e. The first-order chi connectivity index (χ1) is 10.5. The number of rotatable bonds is 2. The Morgan fingerprint density at radius 1 is 1.18 bits per heavy atom. The largest absolute Gasteiger partial charge is 0.506 e. The highest BCUT2D eigenvalue weighted by Gasteiger charge is 2.10. The van der Waals surface area contributed by atoms with Crippen molar-refractivity contribution in [1.82, 2.24) is 9.97 Å². The highest BCUT2D eigenvalue weighted by atomic mass is 35.5. The van der Waals surface area contributed by atoms with Crippen LogP contribution in [0, 0.1) is 0 Å². The first-order valence-corrected chi connectivity index (χ1v) is 6.60. The SMILES string of the molecule is O=C(O)c1ccc2c(=O)[nH]c(-c3ccc(O)c(Cl)c3)nc2c1. The van der Waals surface area contributed by atoms with E-state index >= 15 is 0 Å². The molecule has 1 heterocycles.